The van der Waals surface area contributed by atoms with E-state index in [-0.39, 0.29) is 22.6 Å². The van der Waals surface area contributed by atoms with Crippen LogP contribution in [0.3, 0.4) is 0 Å². The van der Waals surface area contributed by atoms with Crippen molar-refractivity contribution in [2.75, 3.05) is 36.9 Å². The number of fused-ring (bicyclic) bond motifs is 1. The van der Waals surface area contributed by atoms with Crippen molar-refractivity contribution in [3.05, 3.63) is 77.1 Å². The number of halogens is 2. The number of nitrogens with zero attached hydrogens (tertiary/aromatic N) is 5. The first-order valence-corrected chi connectivity index (χ1v) is 13.4. The average molecular weight is 548 g/mol. The molecular weight excluding hydrogens is 516 g/mol. The summed E-state index contributed by atoms with van der Waals surface area (Å²) in [6.45, 7) is 8.35. The topological polar surface area (TPSA) is 97.2 Å². The highest BCUT2D eigenvalue weighted by Crippen LogP contribution is 2.39. The Balaban J connectivity index is 1.12. The molecule has 208 valence electrons. The Morgan fingerprint density at radius 1 is 1.18 bits per heavy atom. The largest absolute Gasteiger partial charge is 0.380 e. The van der Waals surface area contributed by atoms with Gasteiger partial charge in [-0.05, 0) is 49.2 Å². The van der Waals surface area contributed by atoms with Gasteiger partial charge < -0.3 is 15.4 Å². The SMILES string of the molecule is CCn1cc2ncc(N[C@@H](C)c3cccc(NC(=O)c4ccc(CN5CC6(COC6)C5)c(C(F)F)c4)c3)nc2n1. The molecule has 2 aromatic heterocycles. The lowest BCUT2D eigenvalue weighted by Gasteiger charge is -2.55. The second-order valence-electron chi connectivity index (χ2n) is 10.7. The van der Waals surface area contributed by atoms with Gasteiger partial charge in [0.15, 0.2) is 0 Å². The van der Waals surface area contributed by atoms with E-state index >= 15 is 0 Å². The van der Waals surface area contributed by atoms with Crippen LogP contribution in [0.25, 0.3) is 11.2 Å². The number of likely N-dealkylation sites (tertiary alicyclic amines) is 1. The number of anilines is 2. The van der Waals surface area contributed by atoms with Crippen molar-refractivity contribution in [2.24, 2.45) is 5.41 Å². The Labute approximate surface area is 230 Å². The van der Waals surface area contributed by atoms with Gasteiger partial charge in [0.05, 0.1) is 31.6 Å². The van der Waals surface area contributed by atoms with E-state index in [2.05, 4.69) is 30.6 Å². The highest BCUT2D eigenvalue weighted by molar-refractivity contribution is 6.04. The fraction of sp³-hybridized carbons (Fsp3) is 0.379. The zero-order chi connectivity index (χ0) is 27.9. The number of aromatic nitrogens is 4. The molecule has 0 radical (unpaired) electrons. The van der Waals surface area contributed by atoms with Gasteiger partial charge in [0.2, 0.25) is 5.65 Å². The molecule has 2 aliphatic rings. The third-order valence-corrected chi connectivity index (χ3v) is 7.58. The van der Waals surface area contributed by atoms with E-state index in [0.717, 1.165) is 43.9 Å². The lowest BCUT2D eigenvalue weighted by molar-refractivity contribution is -0.191. The Hall–Kier alpha value is -3.96. The Kier molecular flexibility index (Phi) is 6.93. The van der Waals surface area contributed by atoms with Crippen LogP contribution >= 0.6 is 0 Å². The van der Waals surface area contributed by atoms with Crippen molar-refractivity contribution in [3.63, 3.8) is 0 Å². The van der Waals surface area contributed by atoms with Crippen LogP contribution in [0.2, 0.25) is 0 Å². The minimum atomic E-state index is -2.67. The van der Waals surface area contributed by atoms with Gasteiger partial charge in [0, 0.05) is 48.4 Å². The fourth-order valence-corrected chi connectivity index (χ4v) is 5.38. The number of rotatable bonds is 9. The molecule has 2 N–H and O–H groups in total. The van der Waals surface area contributed by atoms with Crippen LogP contribution in [0.1, 0.15) is 53.4 Å². The van der Waals surface area contributed by atoms with Crippen molar-refractivity contribution < 1.29 is 18.3 Å². The van der Waals surface area contributed by atoms with Gasteiger partial charge in [-0.3, -0.25) is 14.4 Å². The van der Waals surface area contributed by atoms with Crippen LogP contribution < -0.4 is 10.6 Å². The maximum atomic E-state index is 13.9. The van der Waals surface area contributed by atoms with E-state index in [4.69, 9.17) is 4.74 Å². The number of nitrogens with one attached hydrogen (secondary N) is 2. The number of hydrogen-bond donors (Lipinski definition) is 2. The van der Waals surface area contributed by atoms with E-state index in [1.807, 2.05) is 38.2 Å². The summed E-state index contributed by atoms with van der Waals surface area (Å²) in [5.41, 5.74) is 3.62. The second-order valence-corrected chi connectivity index (χ2v) is 10.7. The molecule has 0 aliphatic carbocycles. The van der Waals surface area contributed by atoms with Gasteiger partial charge in [-0.1, -0.05) is 18.2 Å². The molecule has 0 unspecified atom stereocenters. The number of carbonyl (C=O) groups excluding carboxylic acids is 1. The second kappa shape index (κ2) is 10.5. The molecule has 1 spiro atoms. The molecule has 4 aromatic rings. The molecule has 2 fully saturated rings. The molecule has 1 atom stereocenters. The van der Waals surface area contributed by atoms with E-state index in [0.29, 0.717) is 29.3 Å². The van der Waals surface area contributed by atoms with Gasteiger partial charge in [0.1, 0.15) is 11.3 Å². The van der Waals surface area contributed by atoms with Crippen molar-refractivity contribution in [1.82, 2.24) is 24.6 Å². The maximum absolute atomic E-state index is 13.9. The summed E-state index contributed by atoms with van der Waals surface area (Å²) in [5.74, 6) is 0.147. The molecule has 4 heterocycles. The number of benzene rings is 2. The van der Waals surface area contributed by atoms with E-state index < -0.39 is 12.3 Å². The van der Waals surface area contributed by atoms with Crippen LogP contribution in [-0.4, -0.2) is 56.9 Å². The number of carbonyl (C=O) groups is 1. The highest BCUT2D eigenvalue weighted by Gasteiger charge is 2.48. The van der Waals surface area contributed by atoms with Gasteiger partial charge >= 0.3 is 0 Å². The standard InChI is InChI=1S/C29H31F2N7O2/c1-3-38-13-24-27(36-38)35-25(11-32-24)33-18(2)19-5-4-6-22(9-19)34-28(39)20-7-8-21(23(10-20)26(30)31)12-37-14-29(15-37)16-40-17-29/h4-11,13,18,26H,3,12,14-17H2,1-2H3,(H,34,39)(H,33,35,36)/t18-/m0/s1. The number of amides is 1. The molecule has 0 bridgehead atoms. The summed E-state index contributed by atoms with van der Waals surface area (Å²) < 4.78 is 34.9. The predicted octanol–water partition coefficient (Wildman–Crippen LogP) is 5.04. The summed E-state index contributed by atoms with van der Waals surface area (Å²) in [6, 6.07) is 11.8. The zero-order valence-electron chi connectivity index (χ0n) is 22.4. The van der Waals surface area contributed by atoms with Crippen molar-refractivity contribution in [1.29, 1.82) is 0 Å². The van der Waals surface area contributed by atoms with Crippen LogP contribution in [0.15, 0.2) is 54.9 Å². The Morgan fingerprint density at radius 2 is 2.00 bits per heavy atom. The molecule has 9 nitrogen and oxygen atoms in total. The molecule has 2 saturated heterocycles. The monoisotopic (exact) mass is 547 g/mol. The number of ether oxygens (including phenoxy) is 1. The first-order chi connectivity index (χ1) is 19.3. The molecule has 2 aliphatic heterocycles. The van der Waals surface area contributed by atoms with Gasteiger partial charge in [-0.15, -0.1) is 0 Å². The predicted molar refractivity (Wildman–Crippen MR) is 147 cm³/mol. The minimum Gasteiger partial charge on any atom is -0.380 e. The third kappa shape index (κ3) is 5.26. The van der Waals surface area contributed by atoms with Crippen molar-refractivity contribution in [2.45, 2.75) is 39.4 Å². The lowest BCUT2D eigenvalue weighted by atomic mass is 9.78. The molecule has 0 saturated carbocycles. The van der Waals surface area contributed by atoms with E-state index in [9.17, 15) is 13.6 Å². The molecule has 1 amide bonds. The highest BCUT2D eigenvalue weighted by atomic mass is 19.3. The summed E-state index contributed by atoms with van der Waals surface area (Å²) in [7, 11) is 0. The summed E-state index contributed by atoms with van der Waals surface area (Å²) in [6.07, 6.45) is 0.849. The fourth-order valence-electron chi connectivity index (χ4n) is 5.38. The molecule has 2 aromatic carbocycles. The van der Waals surface area contributed by atoms with Gasteiger partial charge in [0.25, 0.3) is 12.3 Å². The summed E-state index contributed by atoms with van der Waals surface area (Å²) in [4.78, 5) is 24.1. The smallest absolute Gasteiger partial charge is 0.264 e. The van der Waals surface area contributed by atoms with Crippen molar-refractivity contribution >= 4 is 28.6 Å². The number of hydrogen-bond acceptors (Lipinski definition) is 7. The lowest BCUT2D eigenvalue weighted by Crippen LogP contribution is -2.65. The van der Waals surface area contributed by atoms with Gasteiger partial charge in [-0.2, -0.15) is 5.10 Å². The van der Waals surface area contributed by atoms with E-state index in [1.165, 1.54) is 6.07 Å². The summed E-state index contributed by atoms with van der Waals surface area (Å²) >= 11 is 0. The quantitative estimate of drug-likeness (QED) is 0.303. The molecule has 11 heteroatoms. The maximum Gasteiger partial charge on any atom is 0.264 e. The third-order valence-electron chi connectivity index (χ3n) is 7.58. The zero-order valence-corrected chi connectivity index (χ0v) is 22.4. The average Bonchev–Trinajstić information content (AvgIpc) is 3.32. The van der Waals surface area contributed by atoms with E-state index in [1.54, 1.807) is 29.1 Å². The van der Waals surface area contributed by atoms with Crippen LogP contribution in [-0.2, 0) is 17.8 Å². The normalized spacial score (nSPS) is 17.0. The molecule has 40 heavy (non-hydrogen) atoms. The number of alkyl halides is 2. The van der Waals surface area contributed by atoms with Crippen LogP contribution in [0.4, 0.5) is 20.3 Å². The molecular formula is C29H31F2N7O2. The summed E-state index contributed by atoms with van der Waals surface area (Å²) in [5, 5.41) is 10.6. The van der Waals surface area contributed by atoms with Gasteiger partial charge in [-0.25, -0.2) is 18.7 Å². The Morgan fingerprint density at radius 3 is 2.73 bits per heavy atom. The Bertz CT molecular complexity index is 1540. The first-order valence-electron chi connectivity index (χ1n) is 13.4. The molecule has 6 rings (SSSR count). The first kappa shape index (κ1) is 26.3. The van der Waals surface area contributed by atoms with Crippen LogP contribution in [0, 0.1) is 5.41 Å². The minimum absolute atomic E-state index is 0.105. The van der Waals surface area contributed by atoms with Crippen LogP contribution in [0.5, 0.6) is 0 Å². The van der Waals surface area contributed by atoms with Crippen molar-refractivity contribution in [3.8, 4) is 0 Å². The number of aryl methyl sites for hydroxylation is 1.